The number of amides is 1. The zero-order chi connectivity index (χ0) is 10.7. The van der Waals surface area contributed by atoms with Gasteiger partial charge in [-0.05, 0) is 25.0 Å². The number of rotatable bonds is 2. The molecule has 15 heavy (non-hydrogen) atoms. The van der Waals surface area contributed by atoms with Gasteiger partial charge in [0.1, 0.15) is 5.15 Å². The van der Waals surface area contributed by atoms with E-state index in [1.165, 1.54) is 0 Å². The van der Waals surface area contributed by atoms with Gasteiger partial charge in [-0.1, -0.05) is 23.8 Å². The molecule has 0 atom stereocenters. The molecule has 4 heteroatoms. The van der Waals surface area contributed by atoms with E-state index < -0.39 is 0 Å². The quantitative estimate of drug-likeness (QED) is 0.616. The average Bonchev–Trinajstić information content (AvgIpc) is 2.71. The summed E-state index contributed by atoms with van der Waals surface area (Å²) in [6, 6.07) is 3.58. The van der Waals surface area contributed by atoms with Gasteiger partial charge in [-0.3, -0.25) is 4.79 Å². The summed E-state index contributed by atoms with van der Waals surface area (Å²) in [5.74, 6) is -0.151. The van der Waals surface area contributed by atoms with Crippen LogP contribution in [0.25, 0.3) is 0 Å². The van der Waals surface area contributed by atoms with Gasteiger partial charge in [0, 0.05) is 12.2 Å². The molecule has 78 valence electrons. The number of carbonyl (C=O) groups is 1. The van der Waals surface area contributed by atoms with Gasteiger partial charge >= 0.3 is 0 Å². The van der Waals surface area contributed by atoms with Crippen LogP contribution in [-0.2, 0) is 0 Å². The number of hydrogen-bond donors (Lipinski definition) is 1. The third kappa shape index (κ3) is 2.36. The van der Waals surface area contributed by atoms with E-state index in [4.69, 9.17) is 11.6 Å². The molecule has 0 saturated carbocycles. The molecule has 3 nitrogen and oxygen atoms in total. The molecule has 0 saturated heterocycles. The minimum atomic E-state index is -0.151. The number of nitrogens with one attached hydrogen (secondary N) is 1. The maximum absolute atomic E-state index is 11.8. The van der Waals surface area contributed by atoms with Crippen molar-refractivity contribution < 1.29 is 4.79 Å². The highest BCUT2D eigenvalue weighted by atomic mass is 35.5. The molecule has 0 spiro atoms. The number of nitrogens with zero attached hydrogens (tertiary/aromatic N) is 1. The molecule has 0 aliphatic heterocycles. The third-order valence-electron chi connectivity index (χ3n) is 2.35. The smallest absolute Gasteiger partial charge is 0.254 e. The van der Waals surface area contributed by atoms with Crippen LogP contribution in [0.3, 0.4) is 0 Å². The number of carbonyl (C=O) groups excluding carboxylic acids is 1. The number of hydrogen-bond acceptors (Lipinski definition) is 2. The topological polar surface area (TPSA) is 42.0 Å². The molecule has 0 bridgehead atoms. The van der Waals surface area contributed by atoms with Gasteiger partial charge in [0.15, 0.2) is 0 Å². The first-order chi connectivity index (χ1) is 7.27. The zero-order valence-corrected chi connectivity index (χ0v) is 8.87. The molecule has 2 rings (SSSR count). The van der Waals surface area contributed by atoms with Crippen molar-refractivity contribution in [1.29, 1.82) is 0 Å². The first kappa shape index (κ1) is 10.2. The maximum Gasteiger partial charge on any atom is 0.254 e. The largest absolute Gasteiger partial charge is 0.349 e. The summed E-state index contributed by atoms with van der Waals surface area (Å²) >= 11 is 5.82. The van der Waals surface area contributed by atoms with Crippen molar-refractivity contribution in [3.63, 3.8) is 0 Å². The van der Waals surface area contributed by atoms with Gasteiger partial charge in [0.2, 0.25) is 0 Å². The Bertz CT molecular complexity index is 395. The second-order valence-corrected chi connectivity index (χ2v) is 3.81. The number of pyridine rings is 1. The molecule has 1 aromatic heterocycles. The molecule has 0 radical (unpaired) electrons. The van der Waals surface area contributed by atoms with Gasteiger partial charge in [-0.2, -0.15) is 0 Å². The van der Waals surface area contributed by atoms with Crippen molar-refractivity contribution in [3.8, 4) is 0 Å². The Morgan fingerprint density at radius 3 is 2.87 bits per heavy atom. The second-order valence-electron chi connectivity index (χ2n) is 3.45. The standard InChI is InChI=1S/C11H11ClN2O/c12-10-9(6-3-7-13-10)11(15)14-8-4-1-2-5-8/h1-3,6-8H,4-5H2,(H,14,15). The van der Waals surface area contributed by atoms with Crippen molar-refractivity contribution in [2.75, 3.05) is 0 Å². The summed E-state index contributed by atoms with van der Waals surface area (Å²) < 4.78 is 0. The van der Waals surface area contributed by atoms with Gasteiger partial charge in [-0.15, -0.1) is 0 Å². The molecule has 1 aliphatic rings. The van der Waals surface area contributed by atoms with E-state index in [1.54, 1.807) is 18.3 Å². The monoisotopic (exact) mass is 222 g/mol. The van der Waals surface area contributed by atoms with Crippen LogP contribution in [0, 0.1) is 0 Å². The molecule has 1 N–H and O–H groups in total. The Hall–Kier alpha value is -1.35. The van der Waals surface area contributed by atoms with Crippen molar-refractivity contribution >= 4 is 17.5 Å². The Morgan fingerprint density at radius 1 is 1.47 bits per heavy atom. The van der Waals surface area contributed by atoms with E-state index in [1.807, 2.05) is 0 Å². The fourth-order valence-electron chi connectivity index (χ4n) is 1.55. The van der Waals surface area contributed by atoms with Crippen molar-refractivity contribution in [2.45, 2.75) is 18.9 Å². The lowest BCUT2D eigenvalue weighted by Crippen LogP contribution is -2.33. The maximum atomic E-state index is 11.8. The van der Waals surface area contributed by atoms with Crippen LogP contribution in [0.1, 0.15) is 23.2 Å². The van der Waals surface area contributed by atoms with E-state index >= 15 is 0 Å². The normalized spacial score (nSPS) is 15.5. The Labute approximate surface area is 93.2 Å². The van der Waals surface area contributed by atoms with Gasteiger partial charge in [-0.25, -0.2) is 4.98 Å². The summed E-state index contributed by atoms with van der Waals surface area (Å²) in [4.78, 5) is 15.6. The Balaban J connectivity index is 2.05. The lowest BCUT2D eigenvalue weighted by Gasteiger charge is -2.12. The molecular weight excluding hydrogens is 212 g/mol. The predicted molar refractivity (Wildman–Crippen MR) is 58.9 cm³/mol. The summed E-state index contributed by atoms with van der Waals surface area (Å²) in [7, 11) is 0. The summed E-state index contributed by atoms with van der Waals surface area (Å²) in [6.07, 6.45) is 7.48. The van der Waals surface area contributed by atoms with E-state index in [2.05, 4.69) is 22.5 Å². The van der Waals surface area contributed by atoms with Crippen LogP contribution in [0.4, 0.5) is 0 Å². The molecule has 1 heterocycles. The van der Waals surface area contributed by atoms with Gasteiger partial charge < -0.3 is 5.32 Å². The zero-order valence-electron chi connectivity index (χ0n) is 8.11. The van der Waals surface area contributed by atoms with Crippen LogP contribution in [0.2, 0.25) is 5.15 Å². The molecule has 0 aromatic carbocycles. The number of aromatic nitrogens is 1. The van der Waals surface area contributed by atoms with E-state index in [0.717, 1.165) is 12.8 Å². The highest BCUT2D eigenvalue weighted by Gasteiger charge is 2.16. The first-order valence-electron chi connectivity index (χ1n) is 4.84. The van der Waals surface area contributed by atoms with Gasteiger partial charge in [0.05, 0.1) is 5.56 Å². The fraction of sp³-hybridized carbons (Fsp3) is 0.273. The Kier molecular flexibility index (Phi) is 3.02. The van der Waals surface area contributed by atoms with Crippen LogP contribution in [0.15, 0.2) is 30.5 Å². The summed E-state index contributed by atoms with van der Waals surface area (Å²) in [6.45, 7) is 0. The van der Waals surface area contributed by atoms with E-state index in [9.17, 15) is 4.79 Å². The summed E-state index contributed by atoms with van der Waals surface area (Å²) in [5, 5.41) is 3.16. The second kappa shape index (κ2) is 4.45. The van der Waals surface area contributed by atoms with Crippen molar-refractivity contribution in [3.05, 3.63) is 41.2 Å². The fourth-order valence-corrected chi connectivity index (χ4v) is 1.76. The highest BCUT2D eigenvalue weighted by Crippen LogP contribution is 2.14. The van der Waals surface area contributed by atoms with Crippen molar-refractivity contribution in [2.24, 2.45) is 0 Å². The highest BCUT2D eigenvalue weighted by molar-refractivity contribution is 6.32. The minimum absolute atomic E-state index is 0.151. The van der Waals surface area contributed by atoms with Gasteiger partial charge in [0.25, 0.3) is 5.91 Å². The lowest BCUT2D eigenvalue weighted by atomic mass is 10.2. The molecular formula is C11H11ClN2O. The van der Waals surface area contributed by atoms with Crippen LogP contribution < -0.4 is 5.32 Å². The molecule has 0 fully saturated rings. The molecule has 0 unspecified atom stereocenters. The SMILES string of the molecule is O=C(NC1CC=CC1)c1cccnc1Cl. The van der Waals surface area contributed by atoms with E-state index in [-0.39, 0.29) is 17.1 Å². The number of halogens is 1. The first-order valence-corrected chi connectivity index (χ1v) is 5.21. The third-order valence-corrected chi connectivity index (χ3v) is 2.65. The van der Waals surface area contributed by atoms with Crippen LogP contribution in [-0.4, -0.2) is 16.9 Å². The molecule has 1 aliphatic carbocycles. The molecule has 1 amide bonds. The lowest BCUT2D eigenvalue weighted by molar-refractivity contribution is 0.0939. The Morgan fingerprint density at radius 2 is 2.20 bits per heavy atom. The van der Waals surface area contributed by atoms with E-state index in [0.29, 0.717) is 5.56 Å². The minimum Gasteiger partial charge on any atom is -0.349 e. The van der Waals surface area contributed by atoms with Crippen LogP contribution in [0.5, 0.6) is 0 Å². The predicted octanol–water partition coefficient (Wildman–Crippen LogP) is 2.18. The summed E-state index contributed by atoms with van der Waals surface area (Å²) in [5.41, 5.74) is 0.436. The average molecular weight is 223 g/mol. The molecule has 1 aromatic rings. The van der Waals surface area contributed by atoms with Crippen molar-refractivity contribution in [1.82, 2.24) is 10.3 Å². The van der Waals surface area contributed by atoms with Crippen LogP contribution >= 0.6 is 11.6 Å².